The molecule has 27 heavy (non-hydrogen) atoms. The van der Waals surface area contributed by atoms with Gasteiger partial charge in [-0.15, -0.1) is 11.3 Å². The van der Waals surface area contributed by atoms with Crippen molar-refractivity contribution < 1.29 is 9.59 Å². The van der Waals surface area contributed by atoms with Gasteiger partial charge >= 0.3 is 0 Å². The second-order valence-electron chi connectivity index (χ2n) is 7.68. The van der Waals surface area contributed by atoms with Gasteiger partial charge in [-0.1, -0.05) is 0 Å². The molecule has 0 unspecified atom stereocenters. The van der Waals surface area contributed by atoms with E-state index < -0.39 is 0 Å². The number of rotatable bonds is 6. The number of thiophene rings is 1. The second kappa shape index (κ2) is 8.21. The number of nitrogens with one attached hydrogen (secondary N) is 2. The molecule has 2 rings (SSSR count). The number of aromatic nitrogens is 2. The summed E-state index contributed by atoms with van der Waals surface area (Å²) in [6.45, 7) is 11.9. The molecule has 0 aliphatic rings. The number of fused-ring (bicyclic) bond motifs is 1. The van der Waals surface area contributed by atoms with Gasteiger partial charge in [0.1, 0.15) is 10.7 Å². The van der Waals surface area contributed by atoms with E-state index in [0.717, 1.165) is 10.4 Å². The van der Waals surface area contributed by atoms with Gasteiger partial charge in [0.15, 0.2) is 0 Å². The first kappa shape index (κ1) is 21.1. The maximum Gasteiger partial charge on any atom is 0.259 e. The van der Waals surface area contributed by atoms with Crippen molar-refractivity contribution in [3.05, 3.63) is 26.6 Å². The van der Waals surface area contributed by atoms with Crippen LogP contribution in [-0.2, 0) is 16.0 Å². The van der Waals surface area contributed by atoms with Crippen molar-refractivity contribution >= 4 is 33.4 Å². The molecular formula is C19H28N4O3S. The van der Waals surface area contributed by atoms with E-state index >= 15 is 0 Å². The van der Waals surface area contributed by atoms with Crippen LogP contribution in [0.4, 0.5) is 0 Å². The number of aryl methyl sites for hydroxylation is 3. The Hall–Kier alpha value is -2.22. The number of H-pyrrole nitrogens is 1. The molecule has 0 saturated heterocycles. The molecule has 2 N–H and O–H groups in total. The normalized spacial score (nSPS) is 11.6. The summed E-state index contributed by atoms with van der Waals surface area (Å²) in [5.74, 6) is 0.176. The molecule has 0 spiro atoms. The number of carbonyl (C=O) groups excluding carboxylic acids is 2. The van der Waals surface area contributed by atoms with E-state index in [9.17, 15) is 14.4 Å². The predicted molar refractivity (Wildman–Crippen MR) is 108 cm³/mol. The molecule has 0 radical (unpaired) electrons. The van der Waals surface area contributed by atoms with Crippen LogP contribution in [0.5, 0.6) is 0 Å². The molecule has 0 aromatic carbocycles. The van der Waals surface area contributed by atoms with E-state index in [-0.39, 0.29) is 35.9 Å². The lowest BCUT2D eigenvalue weighted by atomic mass is 10.1. The maximum atomic E-state index is 12.5. The van der Waals surface area contributed by atoms with E-state index in [0.29, 0.717) is 29.0 Å². The Morgan fingerprint density at radius 1 is 1.26 bits per heavy atom. The van der Waals surface area contributed by atoms with E-state index in [1.54, 1.807) is 0 Å². The summed E-state index contributed by atoms with van der Waals surface area (Å²) in [4.78, 5) is 47.4. The fourth-order valence-electron chi connectivity index (χ4n) is 2.81. The van der Waals surface area contributed by atoms with Gasteiger partial charge in [-0.05, 0) is 47.1 Å². The Kier molecular flexibility index (Phi) is 6.41. The Morgan fingerprint density at radius 3 is 2.52 bits per heavy atom. The molecule has 0 aliphatic heterocycles. The standard InChI is InChI=1S/C19H28N4O3S/c1-7-23(10-14(24)22-19(4,5)6)15(25)9-8-13-20-17(26)16-11(2)12(3)27-18(16)21-13/h7-10H2,1-6H3,(H,22,24)(H,20,21,26). The lowest BCUT2D eigenvalue weighted by Crippen LogP contribution is -2.47. The number of amides is 2. The largest absolute Gasteiger partial charge is 0.350 e. The molecule has 2 heterocycles. The predicted octanol–water partition coefficient (Wildman–Crippen LogP) is 2.30. The number of likely N-dealkylation sites (N-methyl/N-ethyl adjacent to an activating group) is 1. The molecular weight excluding hydrogens is 364 g/mol. The lowest BCUT2D eigenvalue weighted by Gasteiger charge is -2.25. The van der Waals surface area contributed by atoms with Gasteiger partial charge in [0, 0.05) is 29.8 Å². The average Bonchev–Trinajstić information content (AvgIpc) is 2.83. The highest BCUT2D eigenvalue weighted by Crippen LogP contribution is 2.25. The highest BCUT2D eigenvalue weighted by molar-refractivity contribution is 7.18. The van der Waals surface area contributed by atoms with Crippen LogP contribution in [0.25, 0.3) is 10.2 Å². The first-order chi connectivity index (χ1) is 12.5. The second-order valence-corrected chi connectivity index (χ2v) is 8.89. The van der Waals surface area contributed by atoms with E-state index in [1.165, 1.54) is 16.2 Å². The average molecular weight is 393 g/mol. The zero-order valence-corrected chi connectivity index (χ0v) is 17.7. The maximum absolute atomic E-state index is 12.5. The van der Waals surface area contributed by atoms with Crippen molar-refractivity contribution in [1.82, 2.24) is 20.2 Å². The van der Waals surface area contributed by atoms with Gasteiger partial charge in [-0.3, -0.25) is 14.4 Å². The van der Waals surface area contributed by atoms with Crippen molar-refractivity contribution in [1.29, 1.82) is 0 Å². The summed E-state index contributed by atoms with van der Waals surface area (Å²) >= 11 is 1.49. The minimum atomic E-state index is -0.338. The summed E-state index contributed by atoms with van der Waals surface area (Å²) in [6.07, 6.45) is 0.520. The number of carbonyl (C=O) groups is 2. The monoisotopic (exact) mass is 392 g/mol. The molecule has 2 amide bonds. The molecule has 0 fully saturated rings. The minimum absolute atomic E-state index is 0.0267. The number of hydrogen-bond acceptors (Lipinski definition) is 5. The third-order valence-electron chi connectivity index (χ3n) is 4.25. The molecule has 148 valence electrons. The summed E-state index contributed by atoms with van der Waals surface area (Å²) in [7, 11) is 0. The summed E-state index contributed by atoms with van der Waals surface area (Å²) in [5.41, 5.74) is 0.449. The van der Waals surface area contributed by atoms with Crippen molar-refractivity contribution in [2.24, 2.45) is 0 Å². The fraction of sp³-hybridized carbons (Fsp3) is 0.579. The fourth-order valence-corrected chi connectivity index (χ4v) is 3.86. The van der Waals surface area contributed by atoms with Crippen molar-refractivity contribution in [3.63, 3.8) is 0 Å². The van der Waals surface area contributed by atoms with Gasteiger partial charge in [0.05, 0.1) is 11.9 Å². The van der Waals surface area contributed by atoms with Crippen LogP contribution in [0.1, 0.15) is 50.4 Å². The summed E-state index contributed by atoms with van der Waals surface area (Å²) in [6, 6.07) is 0. The zero-order chi connectivity index (χ0) is 20.4. The summed E-state index contributed by atoms with van der Waals surface area (Å²) < 4.78 is 0. The molecule has 2 aromatic rings. The van der Waals surface area contributed by atoms with Crippen LogP contribution in [0.2, 0.25) is 0 Å². The number of aromatic amines is 1. The molecule has 0 saturated carbocycles. The van der Waals surface area contributed by atoms with Crippen LogP contribution >= 0.6 is 11.3 Å². The Morgan fingerprint density at radius 2 is 1.93 bits per heavy atom. The Balaban J connectivity index is 2.04. The van der Waals surface area contributed by atoms with E-state index in [1.807, 2.05) is 41.5 Å². The SMILES string of the molecule is CCN(CC(=O)NC(C)(C)C)C(=O)CCc1nc2sc(C)c(C)c2c(=O)[nH]1. The van der Waals surface area contributed by atoms with Crippen molar-refractivity contribution in [2.45, 2.75) is 59.9 Å². The quantitative estimate of drug-likeness (QED) is 0.788. The number of hydrogen-bond donors (Lipinski definition) is 2. The summed E-state index contributed by atoms with van der Waals surface area (Å²) in [5, 5.41) is 3.48. The first-order valence-electron chi connectivity index (χ1n) is 9.09. The van der Waals surface area contributed by atoms with E-state index in [2.05, 4.69) is 15.3 Å². The molecule has 8 heteroatoms. The molecule has 7 nitrogen and oxygen atoms in total. The molecule has 0 atom stereocenters. The van der Waals surface area contributed by atoms with Crippen molar-refractivity contribution in [2.75, 3.05) is 13.1 Å². The van der Waals surface area contributed by atoms with Gasteiger partial charge in [-0.2, -0.15) is 0 Å². The van der Waals surface area contributed by atoms with Crippen LogP contribution in [0, 0.1) is 13.8 Å². The smallest absolute Gasteiger partial charge is 0.259 e. The van der Waals surface area contributed by atoms with Gasteiger partial charge in [-0.25, -0.2) is 4.98 Å². The van der Waals surface area contributed by atoms with Crippen molar-refractivity contribution in [3.8, 4) is 0 Å². The lowest BCUT2D eigenvalue weighted by molar-refractivity contribution is -0.136. The Labute approximate surface area is 163 Å². The molecule has 2 aromatic heterocycles. The molecule has 0 aliphatic carbocycles. The number of nitrogens with zero attached hydrogens (tertiary/aromatic N) is 2. The van der Waals surface area contributed by atoms with Crippen LogP contribution in [0.3, 0.4) is 0 Å². The van der Waals surface area contributed by atoms with Crippen LogP contribution in [0.15, 0.2) is 4.79 Å². The molecule has 0 bridgehead atoms. The third-order valence-corrected chi connectivity index (χ3v) is 5.35. The first-order valence-corrected chi connectivity index (χ1v) is 9.91. The van der Waals surface area contributed by atoms with Crippen LogP contribution < -0.4 is 10.9 Å². The highest BCUT2D eigenvalue weighted by atomic mass is 32.1. The van der Waals surface area contributed by atoms with E-state index in [4.69, 9.17) is 0 Å². The van der Waals surface area contributed by atoms with Gasteiger partial charge in [0.25, 0.3) is 5.56 Å². The minimum Gasteiger partial charge on any atom is -0.350 e. The third kappa shape index (κ3) is 5.38. The Bertz CT molecular complexity index is 908. The highest BCUT2D eigenvalue weighted by Gasteiger charge is 2.20. The zero-order valence-electron chi connectivity index (χ0n) is 16.9. The van der Waals surface area contributed by atoms with Gasteiger partial charge in [0.2, 0.25) is 11.8 Å². The van der Waals surface area contributed by atoms with Gasteiger partial charge < -0.3 is 15.2 Å². The topological polar surface area (TPSA) is 95.2 Å². The van der Waals surface area contributed by atoms with Crippen LogP contribution in [-0.4, -0.2) is 45.3 Å².